The van der Waals surface area contributed by atoms with E-state index in [2.05, 4.69) is 0 Å². The molecule has 4 aliphatic rings. The number of carbonyl (C=O) groups excluding carboxylic acids is 4. The standard InChI is InChI=1S/C24H21NO7/c1-10-8-16(27)19-14(22(10)28)9-13-11(6-7-12-18(13)24(30)25(31)23(12)29)20(19)21-15(26)4-3-5-17(21)32-2/h3-6,8,12-13,18,20,26,31H,7,9H2,1-2H3/t12-,13+,18-,20-/m0/s1. The van der Waals surface area contributed by atoms with E-state index in [-0.39, 0.29) is 46.4 Å². The molecule has 32 heavy (non-hydrogen) atoms. The van der Waals surface area contributed by atoms with Gasteiger partial charge in [0, 0.05) is 28.2 Å². The molecule has 0 spiro atoms. The number of Topliss-reactive ketones (excluding diaryl/α,β-unsaturated/α-hetero) is 1. The molecule has 0 bridgehead atoms. The van der Waals surface area contributed by atoms with Crippen LogP contribution in [0.25, 0.3) is 0 Å². The molecule has 4 atom stereocenters. The molecule has 0 saturated carbocycles. The minimum Gasteiger partial charge on any atom is -0.507 e. The third-order valence-electron chi connectivity index (χ3n) is 7.09. The van der Waals surface area contributed by atoms with E-state index in [0.717, 1.165) is 0 Å². The topological polar surface area (TPSA) is 121 Å². The third-order valence-corrected chi connectivity index (χ3v) is 7.09. The minimum atomic E-state index is -0.838. The number of aromatic hydroxyl groups is 1. The summed E-state index contributed by atoms with van der Waals surface area (Å²) >= 11 is 0. The van der Waals surface area contributed by atoms with Crippen LogP contribution in [0.3, 0.4) is 0 Å². The molecule has 1 aromatic rings. The molecule has 2 N–H and O–H groups in total. The number of ether oxygens (including phenoxy) is 1. The zero-order valence-corrected chi connectivity index (χ0v) is 17.5. The number of hydrogen-bond acceptors (Lipinski definition) is 7. The van der Waals surface area contributed by atoms with Gasteiger partial charge in [0.05, 0.1) is 18.9 Å². The van der Waals surface area contributed by atoms with Crippen molar-refractivity contribution in [2.75, 3.05) is 7.11 Å². The van der Waals surface area contributed by atoms with E-state index in [4.69, 9.17) is 4.74 Å². The Bertz CT molecular complexity index is 1200. The van der Waals surface area contributed by atoms with Crippen LogP contribution in [0.5, 0.6) is 11.5 Å². The van der Waals surface area contributed by atoms with Crippen LogP contribution in [0.2, 0.25) is 0 Å². The van der Waals surface area contributed by atoms with Crippen LogP contribution in [-0.4, -0.2) is 45.9 Å². The van der Waals surface area contributed by atoms with E-state index in [1.165, 1.54) is 19.3 Å². The molecule has 5 rings (SSSR count). The maximum absolute atomic E-state index is 13.1. The van der Waals surface area contributed by atoms with Crippen molar-refractivity contribution in [1.82, 2.24) is 5.06 Å². The quantitative estimate of drug-likeness (QED) is 0.316. The highest BCUT2D eigenvalue weighted by Gasteiger charge is 2.56. The predicted molar refractivity (Wildman–Crippen MR) is 110 cm³/mol. The monoisotopic (exact) mass is 435 g/mol. The first-order valence-electron chi connectivity index (χ1n) is 10.4. The highest BCUT2D eigenvalue weighted by Crippen LogP contribution is 2.57. The number of carbonyl (C=O) groups is 4. The molecule has 0 aromatic heterocycles. The van der Waals surface area contributed by atoms with Crippen molar-refractivity contribution < 1.29 is 34.2 Å². The van der Waals surface area contributed by atoms with Gasteiger partial charge in [-0.05, 0) is 43.9 Å². The number of allylic oxidation sites excluding steroid dienone is 6. The predicted octanol–water partition coefficient (Wildman–Crippen LogP) is 2.22. The largest absolute Gasteiger partial charge is 0.507 e. The first-order valence-corrected chi connectivity index (χ1v) is 10.4. The van der Waals surface area contributed by atoms with Crippen LogP contribution >= 0.6 is 0 Å². The van der Waals surface area contributed by atoms with Gasteiger partial charge in [0.25, 0.3) is 11.8 Å². The lowest BCUT2D eigenvalue weighted by atomic mass is 9.59. The Hall–Kier alpha value is -3.52. The average Bonchev–Trinajstić information content (AvgIpc) is 3.00. The van der Waals surface area contributed by atoms with Crippen LogP contribution in [0, 0.1) is 17.8 Å². The van der Waals surface area contributed by atoms with Crippen LogP contribution in [0.4, 0.5) is 0 Å². The highest BCUT2D eigenvalue weighted by atomic mass is 16.5. The number of benzene rings is 1. The maximum Gasteiger partial charge on any atom is 0.257 e. The van der Waals surface area contributed by atoms with Gasteiger partial charge in [-0.1, -0.05) is 17.7 Å². The summed E-state index contributed by atoms with van der Waals surface area (Å²) < 4.78 is 5.47. The molecule has 3 aliphatic carbocycles. The molecule has 1 fully saturated rings. The van der Waals surface area contributed by atoms with Crippen molar-refractivity contribution in [3.8, 4) is 11.5 Å². The number of imide groups is 1. The summed E-state index contributed by atoms with van der Waals surface area (Å²) in [5.74, 6) is -4.68. The maximum atomic E-state index is 13.1. The van der Waals surface area contributed by atoms with Gasteiger partial charge in [-0.25, -0.2) is 0 Å². The van der Waals surface area contributed by atoms with E-state index in [1.807, 2.05) is 0 Å². The summed E-state index contributed by atoms with van der Waals surface area (Å²) in [7, 11) is 1.44. The molecular formula is C24H21NO7. The molecule has 1 aromatic carbocycles. The number of phenolic OH excluding ortho intramolecular Hbond substituents is 1. The van der Waals surface area contributed by atoms with Crippen molar-refractivity contribution in [1.29, 1.82) is 0 Å². The highest BCUT2D eigenvalue weighted by molar-refractivity contribution is 6.23. The van der Waals surface area contributed by atoms with Crippen LogP contribution in [0.1, 0.15) is 31.2 Å². The van der Waals surface area contributed by atoms with E-state index < -0.39 is 35.5 Å². The summed E-state index contributed by atoms with van der Waals surface area (Å²) in [6.45, 7) is 1.56. The van der Waals surface area contributed by atoms with Crippen molar-refractivity contribution in [3.63, 3.8) is 0 Å². The second-order valence-electron chi connectivity index (χ2n) is 8.61. The van der Waals surface area contributed by atoms with Gasteiger partial charge in [0.15, 0.2) is 11.6 Å². The fourth-order valence-electron chi connectivity index (χ4n) is 5.70. The van der Waals surface area contributed by atoms with Gasteiger partial charge in [-0.3, -0.25) is 24.4 Å². The number of amides is 2. The SMILES string of the molecule is COc1cccc(O)c1[C@H]1C2=CC[C@@H]3C(=O)N(O)C(=O)[C@@H]3[C@@H]2CC2=C1C(=O)C=C(C)C2=O. The molecule has 1 aliphatic heterocycles. The lowest BCUT2D eigenvalue weighted by Crippen LogP contribution is -2.39. The Morgan fingerprint density at radius 3 is 2.56 bits per heavy atom. The zero-order valence-electron chi connectivity index (χ0n) is 17.5. The molecule has 8 heteroatoms. The molecule has 1 heterocycles. The zero-order chi connectivity index (χ0) is 22.9. The molecular weight excluding hydrogens is 414 g/mol. The van der Waals surface area contributed by atoms with Gasteiger partial charge in [-0.15, -0.1) is 0 Å². The van der Waals surface area contributed by atoms with Gasteiger partial charge in [0.1, 0.15) is 11.5 Å². The number of methoxy groups -OCH3 is 1. The second-order valence-corrected chi connectivity index (χ2v) is 8.61. The van der Waals surface area contributed by atoms with Crippen molar-refractivity contribution in [2.45, 2.75) is 25.7 Å². The lowest BCUT2D eigenvalue weighted by Gasteiger charge is -2.42. The summed E-state index contributed by atoms with van der Waals surface area (Å²) in [5, 5.41) is 20.9. The Balaban J connectivity index is 1.77. The van der Waals surface area contributed by atoms with Crippen LogP contribution in [0.15, 0.2) is 52.6 Å². The number of rotatable bonds is 2. The van der Waals surface area contributed by atoms with Crippen molar-refractivity contribution in [2.24, 2.45) is 17.8 Å². The minimum absolute atomic E-state index is 0.103. The first-order chi connectivity index (χ1) is 15.3. The summed E-state index contributed by atoms with van der Waals surface area (Å²) in [4.78, 5) is 51.4. The number of ketones is 2. The van der Waals surface area contributed by atoms with Gasteiger partial charge < -0.3 is 9.84 Å². The normalized spacial score (nSPS) is 29.4. The molecule has 2 amide bonds. The smallest absolute Gasteiger partial charge is 0.257 e. The van der Waals surface area contributed by atoms with E-state index in [1.54, 1.807) is 25.1 Å². The van der Waals surface area contributed by atoms with Crippen molar-refractivity contribution >= 4 is 23.4 Å². The average molecular weight is 435 g/mol. The van der Waals surface area contributed by atoms with E-state index in [9.17, 15) is 29.5 Å². The second kappa shape index (κ2) is 7.00. The Morgan fingerprint density at radius 2 is 1.84 bits per heavy atom. The number of hydroxylamine groups is 2. The Labute approximate surface area is 183 Å². The Morgan fingerprint density at radius 1 is 1.09 bits per heavy atom. The number of hydrogen-bond donors (Lipinski definition) is 2. The van der Waals surface area contributed by atoms with Crippen molar-refractivity contribution in [3.05, 3.63) is 58.2 Å². The van der Waals surface area contributed by atoms with Crippen LogP contribution in [-0.2, 0) is 19.2 Å². The van der Waals surface area contributed by atoms with Gasteiger partial charge in [-0.2, -0.15) is 5.06 Å². The molecule has 164 valence electrons. The van der Waals surface area contributed by atoms with Gasteiger partial charge >= 0.3 is 0 Å². The van der Waals surface area contributed by atoms with E-state index in [0.29, 0.717) is 22.5 Å². The van der Waals surface area contributed by atoms with Gasteiger partial charge in [0.2, 0.25) is 0 Å². The fourth-order valence-corrected chi connectivity index (χ4v) is 5.70. The van der Waals surface area contributed by atoms with Crippen LogP contribution < -0.4 is 4.74 Å². The fraction of sp³-hybridized carbons (Fsp3) is 0.333. The third kappa shape index (κ3) is 2.59. The number of fused-ring (bicyclic) bond motifs is 3. The summed E-state index contributed by atoms with van der Waals surface area (Å²) in [6, 6.07) is 4.74. The molecule has 8 nitrogen and oxygen atoms in total. The first kappa shape index (κ1) is 20.4. The number of phenols is 1. The molecule has 0 unspecified atom stereocenters. The summed E-state index contributed by atoms with van der Waals surface area (Å²) in [5.41, 5.74) is 1.86. The lowest BCUT2D eigenvalue weighted by molar-refractivity contribution is -0.173. The Kier molecular flexibility index (Phi) is 4.46. The molecule has 0 radical (unpaired) electrons. The number of nitrogens with zero attached hydrogens (tertiary/aromatic N) is 1. The summed E-state index contributed by atoms with van der Waals surface area (Å²) in [6.07, 6.45) is 3.42. The van der Waals surface area contributed by atoms with E-state index >= 15 is 0 Å². The molecule has 1 saturated heterocycles.